The lowest BCUT2D eigenvalue weighted by atomic mass is 10.1. The van der Waals surface area contributed by atoms with Gasteiger partial charge in [-0.1, -0.05) is 6.92 Å². The smallest absolute Gasteiger partial charge is 0.317 e. The fourth-order valence-corrected chi connectivity index (χ4v) is 1.24. The van der Waals surface area contributed by atoms with Crippen molar-refractivity contribution in [2.45, 2.75) is 19.8 Å². The van der Waals surface area contributed by atoms with Crippen LogP contribution in [-0.2, 0) is 4.79 Å². The first-order valence-corrected chi connectivity index (χ1v) is 4.12. The molecule has 1 saturated carbocycles. The van der Waals surface area contributed by atoms with Crippen LogP contribution in [0.2, 0.25) is 0 Å². The van der Waals surface area contributed by atoms with Crippen LogP contribution in [-0.4, -0.2) is 24.2 Å². The highest BCUT2D eigenvalue weighted by atomic mass is 16.4. The van der Waals surface area contributed by atoms with Gasteiger partial charge in [-0.3, -0.25) is 4.79 Å². The Hall–Kier alpha value is -0.570. The summed E-state index contributed by atoms with van der Waals surface area (Å²) in [6, 6.07) is 0. The van der Waals surface area contributed by atoms with Gasteiger partial charge in [-0.15, -0.1) is 0 Å². The summed E-state index contributed by atoms with van der Waals surface area (Å²) in [6.45, 7) is 3.11. The number of hydrogen-bond donors (Lipinski definition) is 2. The van der Waals surface area contributed by atoms with Crippen molar-refractivity contribution >= 4 is 5.97 Å². The Morgan fingerprint density at radius 2 is 2.36 bits per heavy atom. The third-order valence-electron chi connectivity index (χ3n) is 2.17. The molecule has 64 valence electrons. The van der Waals surface area contributed by atoms with Crippen molar-refractivity contribution in [3.05, 3.63) is 0 Å². The molecule has 1 aliphatic rings. The van der Waals surface area contributed by atoms with Crippen LogP contribution in [0.4, 0.5) is 0 Å². The highest BCUT2D eigenvalue weighted by Crippen LogP contribution is 2.35. The molecule has 0 amide bonds. The summed E-state index contributed by atoms with van der Waals surface area (Å²) >= 11 is 0. The van der Waals surface area contributed by atoms with Gasteiger partial charge in [0.2, 0.25) is 0 Å². The summed E-state index contributed by atoms with van der Waals surface area (Å²) in [5, 5.41) is 11.2. The highest BCUT2D eigenvalue weighted by molar-refractivity contribution is 5.68. The molecule has 0 heterocycles. The molecular weight excluding hydrogens is 142 g/mol. The highest BCUT2D eigenvalue weighted by Gasteiger charge is 2.27. The second kappa shape index (κ2) is 3.72. The SMILES string of the molecule is CC(CNCC(=O)O)C1CC1. The summed E-state index contributed by atoms with van der Waals surface area (Å²) in [5.74, 6) is 0.735. The Labute approximate surface area is 66.8 Å². The quantitative estimate of drug-likeness (QED) is 0.617. The van der Waals surface area contributed by atoms with E-state index in [0.29, 0.717) is 5.92 Å². The molecule has 1 rings (SSSR count). The maximum atomic E-state index is 10.1. The molecule has 3 nitrogen and oxygen atoms in total. The summed E-state index contributed by atoms with van der Waals surface area (Å²) in [4.78, 5) is 10.1. The second-order valence-electron chi connectivity index (χ2n) is 3.34. The Morgan fingerprint density at radius 3 is 2.82 bits per heavy atom. The number of carboxylic acids is 1. The monoisotopic (exact) mass is 157 g/mol. The first-order valence-electron chi connectivity index (χ1n) is 4.12. The predicted octanol–water partition coefficient (Wildman–Crippen LogP) is 0.707. The molecule has 11 heavy (non-hydrogen) atoms. The van der Waals surface area contributed by atoms with E-state index in [2.05, 4.69) is 12.2 Å². The van der Waals surface area contributed by atoms with E-state index in [9.17, 15) is 4.79 Å². The minimum absolute atomic E-state index is 0.0943. The number of aliphatic carboxylic acids is 1. The fourth-order valence-electron chi connectivity index (χ4n) is 1.24. The van der Waals surface area contributed by atoms with E-state index in [4.69, 9.17) is 5.11 Å². The lowest BCUT2D eigenvalue weighted by molar-refractivity contribution is -0.136. The fraction of sp³-hybridized carbons (Fsp3) is 0.875. The summed E-state index contributed by atoms with van der Waals surface area (Å²) in [7, 11) is 0. The Kier molecular flexibility index (Phi) is 2.88. The van der Waals surface area contributed by atoms with E-state index in [1.54, 1.807) is 0 Å². The van der Waals surface area contributed by atoms with Crippen LogP contribution in [0.15, 0.2) is 0 Å². The number of carbonyl (C=O) groups is 1. The van der Waals surface area contributed by atoms with E-state index in [1.807, 2.05) is 0 Å². The van der Waals surface area contributed by atoms with Crippen molar-refractivity contribution in [2.75, 3.05) is 13.1 Å². The topological polar surface area (TPSA) is 49.3 Å². The van der Waals surface area contributed by atoms with Gasteiger partial charge in [0.25, 0.3) is 0 Å². The van der Waals surface area contributed by atoms with Crippen molar-refractivity contribution in [2.24, 2.45) is 11.8 Å². The molecule has 0 aromatic heterocycles. The maximum absolute atomic E-state index is 10.1. The van der Waals surface area contributed by atoms with Gasteiger partial charge in [-0.2, -0.15) is 0 Å². The number of nitrogens with one attached hydrogen (secondary N) is 1. The van der Waals surface area contributed by atoms with Crippen molar-refractivity contribution in [3.8, 4) is 0 Å². The van der Waals surface area contributed by atoms with Crippen LogP contribution in [0.1, 0.15) is 19.8 Å². The van der Waals surface area contributed by atoms with E-state index < -0.39 is 5.97 Å². The zero-order chi connectivity index (χ0) is 8.27. The first-order chi connectivity index (χ1) is 5.20. The van der Waals surface area contributed by atoms with Crippen LogP contribution in [0, 0.1) is 11.8 Å². The van der Waals surface area contributed by atoms with Crippen LogP contribution < -0.4 is 5.32 Å². The zero-order valence-corrected chi connectivity index (χ0v) is 6.84. The Balaban J connectivity index is 1.97. The first kappa shape index (κ1) is 8.53. The van der Waals surface area contributed by atoms with Crippen LogP contribution in [0.3, 0.4) is 0 Å². The molecule has 0 radical (unpaired) electrons. The van der Waals surface area contributed by atoms with E-state index in [-0.39, 0.29) is 6.54 Å². The van der Waals surface area contributed by atoms with Gasteiger partial charge in [0, 0.05) is 0 Å². The minimum Gasteiger partial charge on any atom is -0.480 e. The third-order valence-corrected chi connectivity index (χ3v) is 2.17. The van der Waals surface area contributed by atoms with Gasteiger partial charge in [0.15, 0.2) is 0 Å². The Bertz CT molecular complexity index is 143. The van der Waals surface area contributed by atoms with Crippen molar-refractivity contribution < 1.29 is 9.90 Å². The van der Waals surface area contributed by atoms with E-state index >= 15 is 0 Å². The normalized spacial score (nSPS) is 19.7. The molecule has 0 saturated heterocycles. The van der Waals surface area contributed by atoms with Gasteiger partial charge in [0.05, 0.1) is 6.54 Å². The molecule has 1 unspecified atom stereocenters. The average Bonchev–Trinajstić information content (AvgIpc) is 2.66. The zero-order valence-electron chi connectivity index (χ0n) is 6.84. The molecule has 2 N–H and O–H groups in total. The van der Waals surface area contributed by atoms with Crippen LogP contribution in [0.5, 0.6) is 0 Å². The van der Waals surface area contributed by atoms with Crippen molar-refractivity contribution in [1.29, 1.82) is 0 Å². The number of carboxylic acid groups (broad SMARTS) is 1. The lowest BCUT2D eigenvalue weighted by Gasteiger charge is -2.08. The van der Waals surface area contributed by atoms with Gasteiger partial charge in [-0.05, 0) is 31.2 Å². The van der Waals surface area contributed by atoms with Crippen molar-refractivity contribution in [1.82, 2.24) is 5.32 Å². The number of hydrogen-bond acceptors (Lipinski definition) is 2. The minimum atomic E-state index is -0.770. The molecule has 1 fully saturated rings. The van der Waals surface area contributed by atoms with Gasteiger partial charge in [-0.25, -0.2) is 0 Å². The lowest BCUT2D eigenvalue weighted by Crippen LogP contribution is -2.27. The number of rotatable bonds is 5. The van der Waals surface area contributed by atoms with Crippen LogP contribution >= 0.6 is 0 Å². The average molecular weight is 157 g/mol. The molecule has 0 bridgehead atoms. The van der Waals surface area contributed by atoms with Crippen LogP contribution in [0.25, 0.3) is 0 Å². The van der Waals surface area contributed by atoms with Gasteiger partial charge >= 0.3 is 5.97 Å². The third kappa shape index (κ3) is 3.37. The predicted molar refractivity (Wildman–Crippen MR) is 42.4 cm³/mol. The van der Waals surface area contributed by atoms with Gasteiger partial charge in [0.1, 0.15) is 0 Å². The van der Waals surface area contributed by atoms with Crippen molar-refractivity contribution in [3.63, 3.8) is 0 Å². The summed E-state index contributed by atoms with van der Waals surface area (Å²) < 4.78 is 0. The summed E-state index contributed by atoms with van der Waals surface area (Å²) in [6.07, 6.45) is 2.66. The molecule has 0 aromatic carbocycles. The molecule has 1 aliphatic carbocycles. The van der Waals surface area contributed by atoms with Gasteiger partial charge < -0.3 is 10.4 Å². The maximum Gasteiger partial charge on any atom is 0.317 e. The molecule has 3 heteroatoms. The standard InChI is InChI=1S/C8H15NO2/c1-6(7-2-3-7)4-9-5-8(10)11/h6-7,9H,2-5H2,1H3,(H,10,11). The Morgan fingerprint density at radius 1 is 1.73 bits per heavy atom. The molecular formula is C8H15NO2. The second-order valence-corrected chi connectivity index (χ2v) is 3.34. The summed E-state index contributed by atoms with van der Waals surface area (Å²) in [5.41, 5.74) is 0. The molecule has 0 aromatic rings. The molecule has 0 spiro atoms. The largest absolute Gasteiger partial charge is 0.480 e. The molecule has 1 atom stereocenters. The van der Waals surface area contributed by atoms with E-state index in [0.717, 1.165) is 12.5 Å². The molecule has 0 aliphatic heterocycles. The van der Waals surface area contributed by atoms with E-state index in [1.165, 1.54) is 12.8 Å².